The quantitative estimate of drug-likeness (QED) is 0.817. The highest BCUT2D eigenvalue weighted by Gasteiger charge is 2.32. The van der Waals surface area contributed by atoms with Gasteiger partial charge in [0.25, 0.3) is 5.91 Å². The molecule has 0 aromatic heterocycles. The number of hydrogen-bond acceptors (Lipinski definition) is 4. The fraction of sp³-hybridized carbons (Fsp3) is 0.562. The van der Waals surface area contributed by atoms with E-state index in [4.69, 9.17) is 4.74 Å². The molecule has 0 saturated carbocycles. The molecule has 1 aromatic carbocycles. The third-order valence-electron chi connectivity index (χ3n) is 4.42. The number of sulfonamides is 1. The molecule has 2 heterocycles. The van der Waals surface area contributed by atoms with Crippen LogP contribution >= 0.6 is 0 Å². The predicted octanol–water partition coefficient (Wildman–Crippen LogP) is 1.23. The van der Waals surface area contributed by atoms with Gasteiger partial charge in [-0.05, 0) is 43.5 Å². The van der Waals surface area contributed by atoms with Gasteiger partial charge < -0.3 is 9.64 Å². The molecule has 2 aliphatic rings. The number of amides is 1. The Balaban J connectivity index is 1.68. The smallest absolute Gasteiger partial charge is 0.251 e. The standard InChI is InChI=1S/C16H21FN2O4S/c17-13-4-6-14(7-5-13)24(21,22)19-9-2-8-18(10-11-19)16(20)15-3-1-12-23-15/h4-7,15H,1-3,8-12H2. The zero-order chi connectivity index (χ0) is 17.2. The van der Waals surface area contributed by atoms with Gasteiger partial charge in [0.2, 0.25) is 10.0 Å². The van der Waals surface area contributed by atoms with Crippen LogP contribution in [0, 0.1) is 5.82 Å². The van der Waals surface area contributed by atoms with Gasteiger partial charge in [-0.1, -0.05) is 0 Å². The highest BCUT2D eigenvalue weighted by atomic mass is 32.2. The second-order valence-electron chi connectivity index (χ2n) is 6.04. The van der Waals surface area contributed by atoms with Crippen LogP contribution in [-0.4, -0.2) is 62.4 Å². The molecule has 24 heavy (non-hydrogen) atoms. The van der Waals surface area contributed by atoms with Gasteiger partial charge in [-0.25, -0.2) is 12.8 Å². The molecule has 0 aliphatic carbocycles. The van der Waals surface area contributed by atoms with Gasteiger partial charge in [0.05, 0.1) is 4.90 Å². The summed E-state index contributed by atoms with van der Waals surface area (Å²) in [6, 6.07) is 4.81. The summed E-state index contributed by atoms with van der Waals surface area (Å²) < 4.78 is 45.1. The Morgan fingerprint density at radius 2 is 1.83 bits per heavy atom. The Morgan fingerprint density at radius 1 is 1.08 bits per heavy atom. The van der Waals surface area contributed by atoms with Crippen molar-refractivity contribution >= 4 is 15.9 Å². The van der Waals surface area contributed by atoms with Gasteiger partial charge in [0.15, 0.2) is 0 Å². The monoisotopic (exact) mass is 356 g/mol. The average Bonchev–Trinajstić information content (AvgIpc) is 2.98. The minimum atomic E-state index is -3.67. The molecule has 132 valence electrons. The van der Waals surface area contributed by atoms with E-state index < -0.39 is 15.8 Å². The van der Waals surface area contributed by atoms with Crippen LogP contribution in [0.4, 0.5) is 4.39 Å². The second-order valence-corrected chi connectivity index (χ2v) is 7.98. The zero-order valence-corrected chi connectivity index (χ0v) is 14.2. The predicted molar refractivity (Wildman–Crippen MR) is 85.3 cm³/mol. The molecule has 1 aromatic rings. The summed E-state index contributed by atoms with van der Waals surface area (Å²) in [4.78, 5) is 14.2. The van der Waals surface area contributed by atoms with Gasteiger partial charge in [-0.3, -0.25) is 4.79 Å². The summed E-state index contributed by atoms with van der Waals surface area (Å²) in [5, 5.41) is 0. The number of benzene rings is 1. The number of ether oxygens (including phenoxy) is 1. The van der Waals surface area contributed by atoms with Crippen LogP contribution in [0.5, 0.6) is 0 Å². The normalized spacial score (nSPS) is 23.2. The summed E-state index contributed by atoms with van der Waals surface area (Å²) in [5.41, 5.74) is 0. The lowest BCUT2D eigenvalue weighted by atomic mass is 10.2. The van der Waals surface area contributed by atoms with E-state index in [1.54, 1.807) is 4.90 Å². The molecule has 1 amide bonds. The fourth-order valence-electron chi connectivity index (χ4n) is 3.09. The molecule has 2 aliphatic heterocycles. The van der Waals surface area contributed by atoms with Crippen molar-refractivity contribution in [2.75, 3.05) is 32.8 Å². The van der Waals surface area contributed by atoms with E-state index >= 15 is 0 Å². The number of carbonyl (C=O) groups excluding carboxylic acids is 1. The SMILES string of the molecule is O=C(C1CCCO1)N1CCCN(S(=O)(=O)c2ccc(F)cc2)CC1. The molecule has 2 saturated heterocycles. The van der Waals surface area contributed by atoms with Crippen LogP contribution in [0.2, 0.25) is 0 Å². The Hall–Kier alpha value is -1.51. The molecule has 0 spiro atoms. The molecule has 6 nitrogen and oxygen atoms in total. The Morgan fingerprint density at radius 3 is 2.50 bits per heavy atom. The van der Waals surface area contributed by atoms with E-state index in [1.807, 2.05) is 0 Å². The summed E-state index contributed by atoms with van der Waals surface area (Å²) in [6.07, 6.45) is 1.80. The molecule has 3 rings (SSSR count). The molecule has 1 unspecified atom stereocenters. The van der Waals surface area contributed by atoms with E-state index in [2.05, 4.69) is 0 Å². The second kappa shape index (κ2) is 7.16. The maximum absolute atomic E-state index is 13.0. The van der Waals surface area contributed by atoms with Crippen LogP contribution in [-0.2, 0) is 19.6 Å². The third kappa shape index (κ3) is 3.60. The van der Waals surface area contributed by atoms with Crippen LogP contribution in [0.3, 0.4) is 0 Å². The van der Waals surface area contributed by atoms with Gasteiger partial charge in [-0.15, -0.1) is 0 Å². The first-order valence-corrected chi connectivity index (χ1v) is 9.58. The first-order chi connectivity index (χ1) is 11.5. The number of carbonyl (C=O) groups is 1. The van der Waals surface area contributed by atoms with E-state index in [1.165, 1.54) is 16.4 Å². The summed E-state index contributed by atoms with van der Waals surface area (Å²) in [7, 11) is -3.67. The molecule has 2 fully saturated rings. The minimum absolute atomic E-state index is 0.0477. The van der Waals surface area contributed by atoms with Crippen LogP contribution in [0.1, 0.15) is 19.3 Å². The maximum Gasteiger partial charge on any atom is 0.251 e. The minimum Gasteiger partial charge on any atom is -0.368 e. The van der Waals surface area contributed by atoms with Crippen molar-refractivity contribution in [1.82, 2.24) is 9.21 Å². The lowest BCUT2D eigenvalue weighted by molar-refractivity contribution is -0.140. The Labute approximate surface area is 141 Å². The van der Waals surface area contributed by atoms with Crippen LogP contribution < -0.4 is 0 Å². The van der Waals surface area contributed by atoms with Gasteiger partial charge >= 0.3 is 0 Å². The molecule has 0 radical (unpaired) electrons. The van der Waals surface area contributed by atoms with E-state index in [9.17, 15) is 17.6 Å². The highest BCUT2D eigenvalue weighted by molar-refractivity contribution is 7.89. The fourth-order valence-corrected chi connectivity index (χ4v) is 4.56. The van der Waals surface area contributed by atoms with Crippen molar-refractivity contribution in [1.29, 1.82) is 0 Å². The maximum atomic E-state index is 13.0. The molecule has 0 N–H and O–H groups in total. The number of halogens is 1. The Kier molecular flexibility index (Phi) is 5.17. The molecule has 8 heteroatoms. The third-order valence-corrected chi connectivity index (χ3v) is 6.34. The molecule has 1 atom stereocenters. The van der Waals surface area contributed by atoms with Crippen LogP contribution in [0.25, 0.3) is 0 Å². The van der Waals surface area contributed by atoms with Crippen molar-refractivity contribution < 1.29 is 22.3 Å². The first kappa shape index (κ1) is 17.3. The van der Waals surface area contributed by atoms with Crippen molar-refractivity contribution in [3.05, 3.63) is 30.1 Å². The molecular weight excluding hydrogens is 335 g/mol. The van der Waals surface area contributed by atoms with Crippen molar-refractivity contribution in [2.45, 2.75) is 30.3 Å². The first-order valence-electron chi connectivity index (χ1n) is 8.14. The summed E-state index contributed by atoms with van der Waals surface area (Å²) >= 11 is 0. The highest BCUT2D eigenvalue weighted by Crippen LogP contribution is 2.20. The lowest BCUT2D eigenvalue weighted by Gasteiger charge is -2.24. The van der Waals surface area contributed by atoms with Crippen molar-refractivity contribution in [2.24, 2.45) is 0 Å². The van der Waals surface area contributed by atoms with Gasteiger partial charge in [-0.2, -0.15) is 4.31 Å². The van der Waals surface area contributed by atoms with Crippen molar-refractivity contribution in [3.63, 3.8) is 0 Å². The van der Waals surface area contributed by atoms with Crippen LogP contribution in [0.15, 0.2) is 29.2 Å². The number of rotatable bonds is 3. The summed E-state index contributed by atoms with van der Waals surface area (Å²) in [6.45, 7) is 2.05. The molecule has 0 bridgehead atoms. The number of hydrogen-bond donors (Lipinski definition) is 0. The van der Waals surface area contributed by atoms with Gasteiger partial charge in [0, 0.05) is 32.8 Å². The van der Waals surface area contributed by atoms with E-state index in [0.717, 1.165) is 25.0 Å². The molecular formula is C16H21FN2O4S. The zero-order valence-electron chi connectivity index (χ0n) is 13.4. The largest absolute Gasteiger partial charge is 0.368 e. The topological polar surface area (TPSA) is 66.9 Å². The van der Waals surface area contributed by atoms with E-state index in [0.29, 0.717) is 32.7 Å². The average molecular weight is 356 g/mol. The lowest BCUT2D eigenvalue weighted by Crippen LogP contribution is -2.41. The number of nitrogens with zero attached hydrogens (tertiary/aromatic N) is 2. The van der Waals surface area contributed by atoms with Gasteiger partial charge in [0.1, 0.15) is 11.9 Å². The Bertz CT molecular complexity index is 687. The summed E-state index contributed by atoms with van der Waals surface area (Å²) in [5.74, 6) is -0.522. The van der Waals surface area contributed by atoms with Crippen molar-refractivity contribution in [3.8, 4) is 0 Å². The van der Waals surface area contributed by atoms with E-state index in [-0.39, 0.29) is 23.5 Å².